The quantitative estimate of drug-likeness (QED) is 0.148. The maximum Gasteiger partial charge on any atom is 0.419 e. The molecule has 1 aliphatic carbocycles. The number of piperidine rings is 2. The highest BCUT2D eigenvalue weighted by Crippen LogP contribution is 2.41. The molecule has 2 aromatic rings. The van der Waals surface area contributed by atoms with E-state index in [2.05, 4.69) is 34.4 Å². The fraction of sp³-hybridized carbons (Fsp3) is 0.585. The summed E-state index contributed by atoms with van der Waals surface area (Å²) < 4.78 is 47.4. The number of benzene rings is 1. The van der Waals surface area contributed by atoms with Gasteiger partial charge in [0.2, 0.25) is 17.7 Å². The molecule has 4 aliphatic rings. The number of rotatable bonds is 11. The number of pyridine rings is 1. The van der Waals surface area contributed by atoms with Crippen LogP contribution in [0.3, 0.4) is 0 Å². The Labute approximate surface area is 336 Å². The number of nitrogens with zero attached hydrogens (tertiary/aromatic N) is 5. The van der Waals surface area contributed by atoms with E-state index in [9.17, 15) is 32.3 Å². The summed E-state index contributed by atoms with van der Waals surface area (Å²) in [4.78, 5) is 59.2. The monoisotopic (exact) mass is 809 g/mol. The second kappa shape index (κ2) is 17.2. The molecule has 12 nitrogen and oxygen atoms in total. The predicted molar refractivity (Wildman–Crippen MR) is 210 cm³/mol. The Kier molecular flexibility index (Phi) is 12.7. The van der Waals surface area contributed by atoms with Crippen molar-refractivity contribution in [3.05, 3.63) is 53.3 Å². The van der Waals surface area contributed by atoms with E-state index in [1.165, 1.54) is 6.07 Å². The number of imide groups is 1. The number of nitrogens with one attached hydrogen (secondary N) is 2. The van der Waals surface area contributed by atoms with E-state index < -0.39 is 28.9 Å². The molecule has 0 spiro atoms. The van der Waals surface area contributed by atoms with Gasteiger partial charge in [0, 0.05) is 36.8 Å². The maximum absolute atomic E-state index is 13.7. The molecule has 16 heteroatoms. The van der Waals surface area contributed by atoms with E-state index in [-0.39, 0.29) is 65.2 Å². The molecule has 4 atom stereocenters. The maximum atomic E-state index is 13.7. The summed E-state index contributed by atoms with van der Waals surface area (Å²) >= 11 is 5.72. The fourth-order valence-electron chi connectivity index (χ4n) is 9.03. The highest BCUT2D eigenvalue weighted by Gasteiger charge is 2.53. The van der Waals surface area contributed by atoms with Crippen LogP contribution < -0.4 is 15.5 Å². The molecule has 3 saturated heterocycles. The molecule has 0 radical (unpaired) electrons. The molecule has 1 aromatic heterocycles. The standard InChI is InChI=1S/C41H50F3N7O5S/c1-24-18-31(19-25(2)49(24)23-36(53)47-28-11-9-27(10-12-28)32-15-16-35(52)48-37(32)54)56-17-5-6-26-7-13-29(14-8-26)51-39(57)50(38(55)40(51,3)4)30-20-33(41(42,43)44)34(21-45)46-22-30/h9-12,20,22,24-26,29,31-32H,5-8,13-19,23H2,1-4H3,(H,47,53)(H,48,52,54)/t24-,25+,26-,29-,31+,32?. The van der Waals surface area contributed by atoms with Gasteiger partial charge in [0.1, 0.15) is 11.6 Å². The number of anilines is 2. The van der Waals surface area contributed by atoms with Gasteiger partial charge in [-0.15, -0.1) is 0 Å². The number of thiocarbonyl (C=S) groups is 1. The van der Waals surface area contributed by atoms with Crippen molar-refractivity contribution in [1.82, 2.24) is 20.1 Å². The normalized spacial score (nSPS) is 27.0. The van der Waals surface area contributed by atoms with E-state index in [1.54, 1.807) is 26.0 Å². The molecule has 1 aromatic carbocycles. The first-order chi connectivity index (χ1) is 27.0. The third-order valence-electron chi connectivity index (χ3n) is 12.1. The number of amides is 4. The van der Waals surface area contributed by atoms with Gasteiger partial charge in [-0.05, 0) is 127 Å². The molecule has 4 fully saturated rings. The van der Waals surface area contributed by atoms with Crippen LogP contribution in [0.25, 0.3) is 0 Å². The third-order valence-corrected chi connectivity index (χ3v) is 12.4. The van der Waals surface area contributed by atoms with Crippen LogP contribution in [0.4, 0.5) is 24.5 Å². The molecule has 4 amide bonds. The Bertz CT molecular complexity index is 1900. The summed E-state index contributed by atoms with van der Waals surface area (Å²) in [7, 11) is 0. The molecular weight excluding hydrogens is 760 g/mol. The number of ether oxygens (including phenoxy) is 1. The summed E-state index contributed by atoms with van der Waals surface area (Å²) in [5, 5.41) is 14.7. The van der Waals surface area contributed by atoms with E-state index in [1.807, 2.05) is 17.0 Å². The summed E-state index contributed by atoms with van der Waals surface area (Å²) in [6, 6.07) is 9.71. The van der Waals surface area contributed by atoms with Crippen molar-refractivity contribution in [2.75, 3.05) is 23.4 Å². The van der Waals surface area contributed by atoms with Gasteiger partial charge < -0.3 is 15.0 Å². The average Bonchev–Trinajstić information content (AvgIpc) is 3.33. The minimum Gasteiger partial charge on any atom is -0.378 e. The first kappa shape index (κ1) is 42.2. The number of nitriles is 1. The van der Waals surface area contributed by atoms with Gasteiger partial charge in [0.05, 0.1) is 36.0 Å². The Hall–Kier alpha value is -4.46. The average molecular weight is 810 g/mol. The first-order valence-corrected chi connectivity index (χ1v) is 20.1. The smallest absolute Gasteiger partial charge is 0.378 e. The van der Waals surface area contributed by atoms with Crippen molar-refractivity contribution in [3.8, 4) is 6.07 Å². The van der Waals surface area contributed by atoms with Gasteiger partial charge in [0.15, 0.2) is 10.8 Å². The number of hydrogen-bond acceptors (Lipinski definition) is 9. The van der Waals surface area contributed by atoms with Gasteiger partial charge in [-0.25, -0.2) is 4.98 Å². The molecule has 306 valence electrons. The van der Waals surface area contributed by atoms with Crippen LogP contribution in [0.5, 0.6) is 0 Å². The van der Waals surface area contributed by atoms with E-state index in [4.69, 9.17) is 22.2 Å². The zero-order valence-corrected chi connectivity index (χ0v) is 33.5. The lowest BCUT2D eigenvalue weighted by atomic mass is 9.82. The van der Waals surface area contributed by atoms with Crippen molar-refractivity contribution in [1.29, 1.82) is 5.26 Å². The highest BCUT2D eigenvalue weighted by molar-refractivity contribution is 7.80. The molecule has 2 N–H and O–H groups in total. The summed E-state index contributed by atoms with van der Waals surface area (Å²) in [6.45, 7) is 8.61. The number of carbonyl (C=O) groups excluding carboxylic acids is 4. The van der Waals surface area contributed by atoms with Crippen molar-refractivity contribution >= 4 is 52.3 Å². The van der Waals surface area contributed by atoms with Crippen LogP contribution >= 0.6 is 12.2 Å². The molecule has 4 heterocycles. The van der Waals surface area contributed by atoms with Crippen LogP contribution in [0, 0.1) is 17.2 Å². The van der Waals surface area contributed by atoms with Crippen LogP contribution in [-0.4, -0.2) is 86.4 Å². The van der Waals surface area contributed by atoms with Gasteiger partial charge in [-0.1, -0.05) is 12.1 Å². The highest BCUT2D eigenvalue weighted by atomic mass is 32.1. The van der Waals surface area contributed by atoms with Crippen molar-refractivity contribution in [3.63, 3.8) is 0 Å². The lowest BCUT2D eigenvalue weighted by molar-refractivity contribution is -0.138. The Balaban J connectivity index is 0.918. The number of alkyl halides is 3. The number of aromatic nitrogens is 1. The predicted octanol–water partition coefficient (Wildman–Crippen LogP) is 6.44. The minimum atomic E-state index is -4.81. The van der Waals surface area contributed by atoms with Gasteiger partial charge >= 0.3 is 6.18 Å². The Morgan fingerprint density at radius 1 is 1.07 bits per heavy atom. The van der Waals surface area contributed by atoms with Crippen molar-refractivity contribution < 1.29 is 37.1 Å². The molecular formula is C41H50F3N7O5S. The molecule has 57 heavy (non-hydrogen) atoms. The molecule has 3 aliphatic heterocycles. The molecule has 1 unspecified atom stereocenters. The Morgan fingerprint density at radius 2 is 1.74 bits per heavy atom. The third kappa shape index (κ3) is 9.31. The van der Waals surface area contributed by atoms with Gasteiger partial charge in [-0.2, -0.15) is 18.4 Å². The summed E-state index contributed by atoms with van der Waals surface area (Å²) in [5.74, 6) is -0.975. The second-order valence-corrected chi connectivity index (χ2v) is 16.7. The fourth-order valence-corrected chi connectivity index (χ4v) is 9.60. The zero-order chi connectivity index (χ0) is 41.2. The van der Waals surface area contributed by atoms with E-state index in [0.717, 1.165) is 74.1 Å². The number of likely N-dealkylation sites (tertiary alicyclic amines) is 1. The van der Waals surface area contributed by atoms with E-state index >= 15 is 0 Å². The number of hydrogen-bond donors (Lipinski definition) is 2. The van der Waals surface area contributed by atoms with Crippen molar-refractivity contribution in [2.45, 2.75) is 134 Å². The SMILES string of the molecule is C[C@@H]1C[C@H](OCCC[C@H]2CC[C@H](N3C(=S)N(c4cnc(C#N)c(C(F)(F)F)c4)C(=O)C3(C)C)CC2)C[C@H](C)N1CC(=O)Nc1ccc(C2CCC(=O)NC2=O)cc1. The topological polar surface area (TPSA) is 148 Å². The summed E-state index contributed by atoms with van der Waals surface area (Å²) in [5.41, 5.74) is -1.67. The molecule has 0 bridgehead atoms. The molecule has 6 rings (SSSR count). The lowest BCUT2D eigenvalue weighted by Gasteiger charge is -2.42. The molecule has 1 saturated carbocycles. The Morgan fingerprint density at radius 3 is 2.35 bits per heavy atom. The lowest BCUT2D eigenvalue weighted by Crippen LogP contribution is -2.51. The van der Waals surface area contributed by atoms with E-state index in [0.29, 0.717) is 31.1 Å². The van der Waals surface area contributed by atoms with Crippen LogP contribution in [-0.2, 0) is 30.1 Å². The van der Waals surface area contributed by atoms with Crippen LogP contribution in [0.2, 0.25) is 0 Å². The van der Waals surface area contributed by atoms with Crippen molar-refractivity contribution in [2.24, 2.45) is 5.92 Å². The summed E-state index contributed by atoms with van der Waals surface area (Å²) in [6.07, 6.45) is 4.17. The van der Waals surface area contributed by atoms with Gasteiger partial charge in [-0.3, -0.25) is 34.3 Å². The number of halogens is 3. The minimum absolute atomic E-state index is 0.0387. The zero-order valence-electron chi connectivity index (χ0n) is 32.7. The van der Waals surface area contributed by atoms with Gasteiger partial charge in [0.25, 0.3) is 5.91 Å². The second-order valence-electron chi connectivity index (χ2n) is 16.4. The largest absolute Gasteiger partial charge is 0.419 e. The van der Waals surface area contributed by atoms with Crippen LogP contribution in [0.15, 0.2) is 36.5 Å². The van der Waals surface area contributed by atoms with Crippen LogP contribution in [0.1, 0.15) is 115 Å². The first-order valence-electron chi connectivity index (χ1n) is 19.7. The number of carbonyl (C=O) groups is 4.